The van der Waals surface area contributed by atoms with Crippen molar-refractivity contribution in [3.05, 3.63) is 0 Å². The van der Waals surface area contributed by atoms with Crippen LogP contribution in [0.4, 0.5) is 0 Å². The minimum absolute atomic E-state index is 1.04. The van der Waals surface area contributed by atoms with Crippen molar-refractivity contribution in [2.75, 3.05) is 12.0 Å². The second-order valence-corrected chi connectivity index (χ2v) is 1.52. The quantitative estimate of drug-likeness (QED) is 0.537. The Kier molecular flexibility index (Phi) is 24.2. The van der Waals surface area contributed by atoms with Crippen LogP contribution in [-0.4, -0.2) is 12.0 Å². The lowest BCUT2D eigenvalue weighted by molar-refractivity contribution is 0.899. The highest BCUT2D eigenvalue weighted by Gasteiger charge is 1.68. The van der Waals surface area contributed by atoms with E-state index >= 15 is 0 Å². The molecule has 0 rings (SSSR count). The van der Waals surface area contributed by atoms with Gasteiger partial charge in [0.05, 0.1) is 0 Å². The summed E-state index contributed by atoms with van der Waals surface area (Å²) in [6, 6.07) is 0. The molecule has 0 aromatic rings. The van der Waals surface area contributed by atoms with E-state index in [0.717, 1.165) is 5.75 Å². The zero-order chi connectivity index (χ0) is 6.12. The zero-order valence-corrected chi connectivity index (χ0v) is 6.80. The van der Waals surface area contributed by atoms with Gasteiger partial charge in [-0.25, -0.2) is 0 Å². The summed E-state index contributed by atoms with van der Waals surface area (Å²) < 4.78 is 0. The second-order valence-electron chi connectivity index (χ2n) is 1.08. The van der Waals surface area contributed by atoms with Crippen molar-refractivity contribution in [3.8, 4) is 0 Å². The summed E-state index contributed by atoms with van der Waals surface area (Å²) in [5.41, 5.74) is 0. The SMILES string of the molecule is CCCCS.CS. The molecule has 0 amide bonds. The average molecular weight is 138 g/mol. The number of thiol groups is 2. The molecule has 0 aromatic carbocycles. The second kappa shape index (κ2) is 15.9. The summed E-state index contributed by atoms with van der Waals surface area (Å²) in [7, 11) is 0. The lowest BCUT2D eigenvalue weighted by Crippen LogP contribution is -1.65. The van der Waals surface area contributed by atoms with Crippen LogP contribution in [0.3, 0.4) is 0 Å². The van der Waals surface area contributed by atoms with Crippen LogP contribution in [0.25, 0.3) is 0 Å². The third kappa shape index (κ3) is 20.3. The van der Waals surface area contributed by atoms with E-state index in [2.05, 4.69) is 32.2 Å². The fraction of sp³-hybridized carbons (Fsp3) is 1.00. The number of hydrogen-bond donors (Lipinski definition) is 2. The van der Waals surface area contributed by atoms with Crippen LogP contribution in [0, 0.1) is 0 Å². The standard InChI is InChI=1S/C4H10S.CH4S/c1-2-3-4-5;1-2/h5H,2-4H2,1H3;2H,1H3. The molecule has 0 heterocycles. The highest BCUT2D eigenvalue weighted by molar-refractivity contribution is 7.80. The van der Waals surface area contributed by atoms with E-state index in [0.29, 0.717) is 0 Å². The van der Waals surface area contributed by atoms with Crippen molar-refractivity contribution in [2.24, 2.45) is 0 Å². The number of unbranched alkanes of at least 4 members (excludes halogenated alkanes) is 1. The van der Waals surface area contributed by atoms with E-state index in [1.807, 2.05) is 0 Å². The Balaban J connectivity index is 0. The third-order valence-electron chi connectivity index (χ3n) is 0.512. The molecule has 46 valence electrons. The van der Waals surface area contributed by atoms with Gasteiger partial charge in [-0.05, 0) is 18.4 Å². The summed E-state index contributed by atoms with van der Waals surface area (Å²) >= 11 is 7.53. The zero-order valence-electron chi connectivity index (χ0n) is 5.02. The lowest BCUT2D eigenvalue weighted by atomic mass is 10.4. The summed E-state index contributed by atoms with van der Waals surface area (Å²) in [6.07, 6.45) is 4.21. The van der Waals surface area contributed by atoms with Crippen molar-refractivity contribution >= 4 is 25.3 Å². The molecule has 7 heavy (non-hydrogen) atoms. The first-order valence-electron chi connectivity index (χ1n) is 2.47. The van der Waals surface area contributed by atoms with Crippen LogP contribution in [0.1, 0.15) is 19.8 Å². The van der Waals surface area contributed by atoms with Gasteiger partial charge in [0.1, 0.15) is 0 Å². The Morgan fingerprint density at radius 3 is 1.71 bits per heavy atom. The first-order valence-corrected chi connectivity index (χ1v) is 4.00. The predicted molar refractivity (Wildman–Crippen MR) is 43.7 cm³/mol. The van der Waals surface area contributed by atoms with E-state index in [1.54, 1.807) is 6.26 Å². The van der Waals surface area contributed by atoms with E-state index < -0.39 is 0 Å². The molecule has 0 aromatic heterocycles. The minimum atomic E-state index is 1.04. The minimum Gasteiger partial charge on any atom is -0.183 e. The Bertz CT molecular complexity index is 13.6. The summed E-state index contributed by atoms with van der Waals surface area (Å²) in [5, 5.41) is 0. The molecular weight excluding hydrogens is 124 g/mol. The van der Waals surface area contributed by atoms with Crippen LogP contribution in [0.5, 0.6) is 0 Å². The van der Waals surface area contributed by atoms with Gasteiger partial charge in [-0.2, -0.15) is 25.3 Å². The van der Waals surface area contributed by atoms with Crippen molar-refractivity contribution in [1.29, 1.82) is 0 Å². The summed E-state index contributed by atoms with van der Waals surface area (Å²) in [6.45, 7) is 2.16. The van der Waals surface area contributed by atoms with Crippen LogP contribution >= 0.6 is 25.3 Å². The van der Waals surface area contributed by atoms with Gasteiger partial charge in [0, 0.05) is 0 Å². The monoisotopic (exact) mass is 138 g/mol. The highest BCUT2D eigenvalue weighted by Crippen LogP contribution is 1.85. The molecule has 0 saturated carbocycles. The maximum atomic E-state index is 4.00. The average Bonchev–Trinajstić information content (AvgIpc) is 1.75. The van der Waals surface area contributed by atoms with Crippen LogP contribution in [-0.2, 0) is 0 Å². The molecule has 0 aliphatic carbocycles. The van der Waals surface area contributed by atoms with Gasteiger partial charge >= 0.3 is 0 Å². The van der Waals surface area contributed by atoms with E-state index in [-0.39, 0.29) is 0 Å². The highest BCUT2D eigenvalue weighted by atomic mass is 32.1. The molecule has 0 aliphatic rings. The fourth-order valence-electron chi connectivity index (χ4n) is 0.158. The molecule has 0 nitrogen and oxygen atoms in total. The molecule has 0 spiro atoms. The Morgan fingerprint density at radius 1 is 1.29 bits per heavy atom. The number of rotatable bonds is 2. The molecular formula is C5H14S2. The molecule has 0 aliphatic heterocycles. The van der Waals surface area contributed by atoms with Crippen LogP contribution < -0.4 is 0 Å². The van der Waals surface area contributed by atoms with Crippen molar-refractivity contribution in [2.45, 2.75) is 19.8 Å². The number of hydrogen-bond acceptors (Lipinski definition) is 2. The van der Waals surface area contributed by atoms with Gasteiger partial charge in [0.15, 0.2) is 0 Å². The molecule has 0 fully saturated rings. The first-order chi connectivity index (χ1) is 3.41. The molecule has 0 N–H and O–H groups in total. The van der Waals surface area contributed by atoms with Crippen LogP contribution in [0.15, 0.2) is 0 Å². The van der Waals surface area contributed by atoms with Gasteiger partial charge in [-0.15, -0.1) is 0 Å². The Labute approximate surface area is 57.5 Å². The van der Waals surface area contributed by atoms with Gasteiger partial charge in [0.2, 0.25) is 0 Å². The van der Waals surface area contributed by atoms with E-state index in [9.17, 15) is 0 Å². The topological polar surface area (TPSA) is 0 Å². The molecule has 0 saturated heterocycles. The smallest absolute Gasteiger partial charge is 0.00980 e. The lowest BCUT2D eigenvalue weighted by Gasteiger charge is -1.78. The van der Waals surface area contributed by atoms with E-state index in [4.69, 9.17) is 0 Å². The van der Waals surface area contributed by atoms with E-state index in [1.165, 1.54) is 12.8 Å². The molecule has 0 atom stereocenters. The first kappa shape index (κ1) is 10.6. The fourth-order valence-corrected chi connectivity index (χ4v) is 0.474. The van der Waals surface area contributed by atoms with Gasteiger partial charge in [-0.3, -0.25) is 0 Å². The molecule has 0 radical (unpaired) electrons. The summed E-state index contributed by atoms with van der Waals surface area (Å²) in [4.78, 5) is 0. The van der Waals surface area contributed by atoms with Gasteiger partial charge < -0.3 is 0 Å². The Morgan fingerprint density at radius 2 is 1.71 bits per heavy atom. The predicted octanol–water partition coefficient (Wildman–Crippen LogP) is 2.26. The largest absolute Gasteiger partial charge is 0.183 e. The molecule has 0 unspecified atom stereocenters. The Hall–Kier alpha value is 0.700. The van der Waals surface area contributed by atoms with Gasteiger partial charge in [0.25, 0.3) is 0 Å². The maximum absolute atomic E-state index is 4.00. The van der Waals surface area contributed by atoms with Crippen molar-refractivity contribution in [1.82, 2.24) is 0 Å². The molecule has 2 heteroatoms. The third-order valence-corrected chi connectivity index (χ3v) is 0.828. The normalized spacial score (nSPS) is 6.86. The van der Waals surface area contributed by atoms with Crippen LogP contribution in [0.2, 0.25) is 0 Å². The van der Waals surface area contributed by atoms with Gasteiger partial charge in [-0.1, -0.05) is 13.3 Å². The molecule has 0 bridgehead atoms. The van der Waals surface area contributed by atoms with Crippen molar-refractivity contribution < 1.29 is 0 Å². The summed E-state index contributed by atoms with van der Waals surface area (Å²) in [5.74, 6) is 1.04. The van der Waals surface area contributed by atoms with Crippen molar-refractivity contribution in [3.63, 3.8) is 0 Å². The maximum Gasteiger partial charge on any atom is -0.00980 e.